The molecule has 7 heteroatoms. The Morgan fingerprint density at radius 3 is 2.50 bits per heavy atom. The molecule has 1 aliphatic heterocycles. The average Bonchev–Trinajstić information content (AvgIpc) is 2.90. The molecule has 0 aliphatic carbocycles. The number of ketones is 1. The zero-order valence-corrected chi connectivity index (χ0v) is 21.6. The monoisotopic (exact) mass is 533 g/mol. The van der Waals surface area contributed by atoms with Crippen molar-refractivity contribution in [3.8, 4) is 11.5 Å². The van der Waals surface area contributed by atoms with Crippen molar-refractivity contribution in [2.45, 2.75) is 16.4 Å². The van der Waals surface area contributed by atoms with Gasteiger partial charge >= 0.3 is 0 Å². The molecule has 0 spiro atoms. The van der Waals surface area contributed by atoms with Crippen LogP contribution in [0.1, 0.15) is 21.5 Å². The molecule has 0 aromatic heterocycles. The number of nitrogens with one attached hydrogen (secondary N) is 1. The standard InChI is InChI=1S/C29H21Cl2NO3S/c1-34-26-13-10-18(15-20(26)17-35-29-21(30)5-4-6-22(29)31)9-12-25(33)19-11-14-28-24(16-19)32-23-7-2-3-8-27(23)36-28/h2-16,32H,17H2,1H3/b12-9+. The lowest BCUT2D eigenvalue weighted by atomic mass is 10.1. The van der Waals surface area contributed by atoms with E-state index >= 15 is 0 Å². The second-order valence-electron chi connectivity index (χ2n) is 8.04. The van der Waals surface area contributed by atoms with E-state index in [0.717, 1.165) is 27.4 Å². The summed E-state index contributed by atoms with van der Waals surface area (Å²) in [6, 6.07) is 24.7. The number of allylic oxidation sites excluding steroid dienone is 1. The van der Waals surface area contributed by atoms with E-state index in [1.165, 1.54) is 4.90 Å². The lowest BCUT2D eigenvalue weighted by Gasteiger charge is -2.20. The van der Waals surface area contributed by atoms with Crippen LogP contribution in [0.4, 0.5) is 11.4 Å². The molecule has 0 bridgehead atoms. The number of rotatable bonds is 7. The third-order valence-electron chi connectivity index (χ3n) is 5.66. The highest BCUT2D eigenvalue weighted by atomic mass is 35.5. The SMILES string of the molecule is COc1ccc(/C=C/C(=O)c2ccc3c(c2)Nc2ccccc2S3)cc1COc1c(Cl)cccc1Cl. The number of methoxy groups -OCH3 is 1. The Kier molecular flexibility index (Phi) is 7.23. The van der Waals surface area contributed by atoms with Gasteiger partial charge in [-0.2, -0.15) is 0 Å². The quantitative estimate of drug-likeness (QED) is 0.167. The average molecular weight is 534 g/mol. The molecule has 0 saturated carbocycles. The minimum absolute atomic E-state index is 0.0834. The number of para-hydroxylation sites is 2. The molecule has 180 valence electrons. The Hall–Kier alpha value is -3.38. The second kappa shape index (κ2) is 10.7. The molecular formula is C29H21Cl2NO3S. The van der Waals surface area contributed by atoms with Crippen LogP contribution in [-0.4, -0.2) is 12.9 Å². The van der Waals surface area contributed by atoms with E-state index < -0.39 is 0 Å². The number of carbonyl (C=O) groups is 1. The third kappa shape index (κ3) is 5.24. The van der Waals surface area contributed by atoms with Crippen molar-refractivity contribution in [3.63, 3.8) is 0 Å². The van der Waals surface area contributed by atoms with Crippen LogP contribution in [0.5, 0.6) is 11.5 Å². The molecule has 36 heavy (non-hydrogen) atoms. The fourth-order valence-electron chi connectivity index (χ4n) is 3.85. The summed E-state index contributed by atoms with van der Waals surface area (Å²) in [5, 5.41) is 4.29. The molecule has 4 aromatic carbocycles. The topological polar surface area (TPSA) is 47.6 Å². The predicted molar refractivity (Wildman–Crippen MR) is 147 cm³/mol. The molecule has 1 N–H and O–H groups in total. The van der Waals surface area contributed by atoms with Crippen molar-refractivity contribution in [3.05, 3.63) is 112 Å². The number of ether oxygens (including phenoxy) is 2. The minimum atomic E-state index is -0.0834. The highest BCUT2D eigenvalue weighted by Crippen LogP contribution is 2.44. The van der Waals surface area contributed by atoms with Gasteiger partial charge in [0.1, 0.15) is 12.4 Å². The first-order valence-electron chi connectivity index (χ1n) is 11.2. The largest absolute Gasteiger partial charge is 0.496 e. The number of anilines is 2. The van der Waals surface area contributed by atoms with Gasteiger partial charge in [0.2, 0.25) is 0 Å². The van der Waals surface area contributed by atoms with E-state index in [4.69, 9.17) is 32.7 Å². The molecule has 5 rings (SSSR count). The van der Waals surface area contributed by atoms with Crippen LogP contribution in [0.2, 0.25) is 10.0 Å². The lowest BCUT2D eigenvalue weighted by molar-refractivity contribution is 0.104. The van der Waals surface area contributed by atoms with Crippen LogP contribution in [0.25, 0.3) is 6.08 Å². The number of hydrogen-bond donors (Lipinski definition) is 1. The van der Waals surface area contributed by atoms with Crippen LogP contribution in [0.15, 0.2) is 94.7 Å². The first kappa shape index (κ1) is 24.3. The Morgan fingerprint density at radius 2 is 1.69 bits per heavy atom. The van der Waals surface area contributed by atoms with Crippen LogP contribution < -0.4 is 14.8 Å². The molecule has 0 amide bonds. The molecule has 0 radical (unpaired) electrons. The zero-order chi connectivity index (χ0) is 25.1. The van der Waals surface area contributed by atoms with Crippen molar-refractivity contribution in [1.82, 2.24) is 0 Å². The van der Waals surface area contributed by atoms with E-state index in [-0.39, 0.29) is 12.4 Å². The molecule has 4 aromatic rings. The predicted octanol–water partition coefficient (Wildman–Crippen LogP) is 8.69. The van der Waals surface area contributed by atoms with Crippen molar-refractivity contribution < 1.29 is 14.3 Å². The van der Waals surface area contributed by atoms with Gasteiger partial charge in [0.05, 0.1) is 28.5 Å². The fraction of sp³-hybridized carbons (Fsp3) is 0.0690. The molecule has 0 saturated heterocycles. The summed E-state index contributed by atoms with van der Waals surface area (Å²) in [4.78, 5) is 15.2. The normalized spacial score (nSPS) is 12.0. The van der Waals surface area contributed by atoms with E-state index in [1.54, 1.807) is 49.2 Å². The van der Waals surface area contributed by atoms with E-state index in [1.807, 2.05) is 54.6 Å². The second-order valence-corrected chi connectivity index (χ2v) is 9.94. The van der Waals surface area contributed by atoms with Gasteiger partial charge in [-0.25, -0.2) is 0 Å². The molecule has 1 heterocycles. The molecular weight excluding hydrogens is 513 g/mol. The van der Waals surface area contributed by atoms with E-state index in [9.17, 15) is 4.79 Å². The summed E-state index contributed by atoms with van der Waals surface area (Å²) in [6.07, 6.45) is 3.35. The summed E-state index contributed by atoms with van der Waals surface area (Å²) >= 11 is 14.1. The maximum Gasteiger partial charge on any atom is 0.185 e. The number of benzene rings is 4. The molecule has 1 aliphatic rings. The van der Waals surface area contributed by atoms with Crippen LogP contribution in [0.3, 0.4) is 0 Å². The lowest BCUT2D eigenvalue weighted by Crippen LogP contribution is -2.02. The Labute approximate surface area is 223 Å². The van der Waals surface area contributed by atoms with Gasteiger partial charge in [-0.15, -0.1) is 0 Å². The van der Waals surface area contributed by atoms with Gasteiger partial charge in [-0.3, -0.25) is 4.79 Å². The first-order chi connectivity index (χ1) is 17.5. The van der Waals surface area contributed by atoms with Crippen molar-refractivity contribution in [2.75, 3.05) is 12.4 Å². The van der Waals surface area contributed by atoms with Gasteiger partial charge in [-0.05, 0) is 66.2 Å². The highest BCUT2D eigenvalue weighted by Gasteiger charge is 2.16. The number of halogens is 2. The smallest absolute Gasteiger partial charge is 0.185 e. The van der Waals surface area contributed by atoms with Gasteiger partial charge in [-0.1, -0.05) is 65.3 Å². The molecule has 0 unspecified atom stereocenters. The summed E-state index contributed by atoms with van der Waals surface area (Å²) in [6.45, 7) is 0.206. The zero-order valence-electron chi connectivity index (χ0n) is 19.3. The van der Waals surface area contributed by atoms with Crippen molar-refractivity contribution in [1.29, 1.82) is 0 Å². The van der Waals surface area contributed by atoms with E-state index in [2.05, 4.69) is 11.4 Å². The fourth-order valence-corrected chi connectivity index (χ4v) is 5.32. The molecule has 0 atom stereocenters. The number of hydrogen-bond acceptors (Lipinski definition) is 5. The molecule has 0 fully saturated rings. The van der Waals surface area contributed by atoms with E-state index in [0.29, 0.717) is 27.1 Å². The van der Waals surface area contributed by atoms with Crippen molar-refractivity contribution >= 4 is 58.2 Å². The maximum absolute atomic E-state index is 12.9. The third-order valence-corrected chi connectivity index (χ3v) is 7.41. The number of carbonyl (C=O) groups excluding carboxylic acids is 1. The number of fused-ring (bicyclic) bond motifs is 2. The van der Waals surface area contributed by atoms with Gasteiger partial charge in [0.25, 0.3) is 0 Å². The Balaban J connectivity index is 1.32. The maximum atomic E-state index is 12.9. The summed E-state index contributed by atoms with van der Waals surface area (Å²) in [7, 11) is 1.60. The highest BCUT2D eigenvalue weighted by molar-refractivity contribution is 7.99. The minimum Gasteiger partial charge on any atom is -0.496 e. The summed E-state index contributed by atoms with van der Waals surface area (Å²) < 4.78 is 11.4. The first-order valence-corrected chi connectivity index (χ1v) is 12.7. The van der Waals surface area contributed by atoms with Gasteiger partial charge in [0, 0.05) is 20.9 Å². The summed E-state index contributed by atoms with van der Waals surface area (Å²) in [5.74, 6) is 1.00. The Morgan fingerprint density at radius 1 is 0.917 bits per heavy atom. The van der Waals surface area contributed by atoms with Crippen LogP contribution in [0, 0.1) is 0 Å². The van der Waals surface area contributed by atoms with Gasteiger partial charge in [0.15, 0.2) is 11.5 Å². The molecule has 4 nitrogen and oxygen atoms in total. The summed E-state index contributed by atoms with van der Waals surface area (Å²) in [5.41, 5.74) is 4.23. The van der Waals surface area contributed by atoms with Gasteiger partial charge < -0.3 is 14.8 Å². The Bertz CT molecular complexity index is 1470. The van der Waals surface area contributed by atoms with Crippen molar-refractivity contribution in [2.24, 2.45) is 0 Å². The van der Waals surface area contributed by atoms with Crippen LogP contribution in [-0.2, 0) is 6.61 Å². The van der Waals surface area contributed by atoms with Crippen LogP contribution >= 0.6 is 35.0 Å².